The molecule has 0 radical (unpaired) electrons. The lowest BCUT2D eigenvalue weighted by Gasteiger charge is -2.14. The Kier molecular flexibility index (Phi) is 9.59. The van der Waals surface area contributed by atoms with Gasteiger partial charge in [-0.1, -0.05) is 80.9 Å². The molecule has 0 unspecified atom stereocenters. The molecular formula is C36H39N3O4S. The third-order valence-electron chi connectivity index (χ3n) is 7.72. The summed E-state index contributed by atoms with van der Waals surface area (Å²) < 4.78 is 34.4. The van der Waals surface area contributed by atoms with E-state index in [1.165, 1.54) is 0 Å². The van der Waals surface area contributed by atoms with E-state index >= 15 is 0 Å². The zero-order valence-electron chi connectivity index (χ0n) is 25.8. The van der Waals surface area contributed by atoms with Crippen LogP contribution in [-0.2, 0) is 38.8 Å². The summed E-state index contributed by atoms with van der Waals surface area (Å²) in [5, 5.41) is 0. The highest BCUT2D eigenvalue weighted by molar-refractivity contribution is 7.92. The molecule has 0 bridgehead atoms. The minimum atomic E-state index is -3.95. The molecule has 5 rings (SSSR count). The second-order valence-electron chi connectivity index (χ2n) is 11.2. The lowest BCUT2D eigenvalue weighted by Crippen LogP contribution is -2.20. The molecule has 0 amide bonds. The van der Waals surface area contributed by atoms with Crippen molar-refractivity contribution in [2.24, 2.45) is 0 Å². The molecule has 7 nitrogen and oxygen atoms in total. The first-order chi connectivity index (χ1) is 21.2. The largest absolute Gasteiger partial charge is 0.465 e. The van der Waals surface area contributed by atoms with Gasteiger partial charge < -0.3 is 9.30 Å². The van der Waals surface area contributed by atoms with Crippen molar-refractivity contribution in [1.29, 1.82) is 0 Å². The van der Waals surface area contributed by atoms with Crippen LogP contribution in [0.5, 0.6) is 0 Å². The Labute approximate surface area is 259 Å². The van der Waals surface area contributed by atoms with Crippen molar-refractivity contribution in [3.05, 3.63) is 113 Å². The molecule has 0 aliphatic rings. The van der Waals surface area contributed by atoms with Crippen LogP contribution in [0.2, 0.25) is 0 Å². The van der Waals surface area contributed by atoms with Crippen molar-refractivity contribution in [2.45, 2.75) is 64.8 Å². The van der Waals surface area contributed by atoms with Gasteiger partial charge in [-0.15, -0.1) is 0 Å². The maximum Gasteiger partial charge on any atom is 0.321 e. The highest BCUT2D eigenvalue weighted by Crippen LogP contribution is 2.31. The van der Waals surface area contributed by atoms with Crippen LogP contribution in [0.1, 0.15) is 60.5 Å². The molecule has 0 N–H and O–H groups in total. The van der Waals surface area contributed by atoms with Gasteiger partial charge in [0.1, 0.15) is 11.3 Å². The summed E-state index contributed by atoms with van der Waals surface area (Å²) in [6, 6.07) is 25.4. The summed E-state index contributed by atoms with van der Waals surface area (Å²) in [5.41, 5.74) is 8.34. The number of aryl methyl sites for hydroxylation is 3. The average molecular weight is 610 g/mol. The molecule has 0 aliphatic heterocycles. The summed E-state index contributed by atoms with van der Waals surface area (Å²) in [6.07, 6.45) is 2.99. The molecule has 5 aromatic rings. The Balaban J connectivity index is 1.49. The first kappa shape index (κ1) is 31.1. The number of imidazole rings is 1. The van der Waals surface area contributed by atoms with Gasteiger partial charge in [-0.25, -0.2) is 18.4 Å². The molecule has 3 aromatic carbocycles. The Hall–Kier alpha value is -4.30. The minimum absolute atomic E-state index is 0.124. The van der Waals surface area contributed by atoms with Crippen LogP contribution in [0.25, 0.3) is 22.3 Å². The fourth-order valence-electron chi connectivity index (χ4n) is 5.48. The molecule has 8 heteroatoms. The van der Waals surface area contributed by atoms with Crippen molar-refractivity contribution in [3.63, 3.8) is 0 Å². The number of pyridine rings is 1. The van der Waals surface area contributed by atoms with Gasteiger partial charge in [0.05, 0.1) is 18.0 Å². The van der Waals surface area contributed by atoms with E-state index in [2.05, 4.69) is 24.5 Å². The predicted octanol–water partition coefficient (Wildman–Crippen LogP) is 7.03. The molecule has 0 fully saturated rings. The van der Waals surface area contributed by atoms with Gasteiger partial charge in [-0.2, -0.15) is 0 Å². The van der Waals surface area contributed by atoms with Crippen LogP contribution in [0.3, 0.4) is 0 Å². The first-order valence-corrected chi connectivity index (χ1v) is 16.8. The molecule has 0 aliphatic carbocycles. The number of esters is 1. The fraction of sp³-hybridized carbons (Fsp3) is 0.306. The first-order valence-electron chi connectivity index (χ1n) is 15.2. The Morgan fingerprint density at radius 2 is 1.59 bits per heavy atom. The zero-order chi connectivity index (χ0) is 31.3. The van der Waals surface area contributed by atoms with E-state index in [1.807, 2.05) is 80.6 Å². The monoisotopic (exact) mass is 609 g/mol. The van der Waals surface area contributed by atoms with Gasteiger partial charge in [0.2, 0.25) is 0 Å². The number of carbonyl (C=O) groups is 1. The number of fused-ring (bicyclic) bond motifs is 1. The molecule has 228 valence electrons. The SMILES string of the molecule is CCCCOC(=O)CS(=O)(=O)c1ccc(Cc2ccccc2)cc1-c1ccc(Cn2c(CC)nc3c(C)cc(C)nc32)cc1. The molecule has 0 saturated heterocycles. The van der Waals surface area contributed by atoms with Gasteiger partial charge in [0.25, 0.3) is 0 Å². The van der Waals surface area contributed by atoms with E-state index < -0.39 is 21.6 Å². The molecular weight excluding hydrogens is 570 g/mol. The minimum Gasteiger partial charge on any atom is -0.465 e. The van der Waals surface area contributed by atoms with Gasteiger partial charge >= 0.3 is 5.97 Å². The summed E-state index contributed by atoms with van der Waals surface area (Å²) in [6.45, 7) is 8.94. The van der Waals surface area contributed by atoms with Gasteiger partial charge in [-0.3, -0.25) is 4.79 Å². The standard InChI is InChI=1S/C36H39N3O4S/c1-5-7-19-43-34(40)24-44(41,42)32-18-15-29(21-27-11-9-8-10-12-27)22-31(32)30-16-13-28(14-17-30)23-39-33(6-2)38-35-25(3)20-26(4)37-36(35)39/h8-18,20,22H,5-7,19,21,23-24H2,1-4H3. The number of aromatic nitrogens is 3. The third kappa shape index (κ3) is 7.08. The van der Waals surface area contributed by atoms with Crippen molar-refractivity contribution in [2.75, 3.05) is 12.4 Å². The van der Waals surface area contributed by atoms with E-state index in [1.54, 1.807) is 6.07 Å². The zero-order valence-corrected chi connectivity index (χ0v) is 26.7. The van der Waals surface area contributed by atoms with E-state index in [4.69, 9.17) is 14.7 Å². The van der Waals surface area contributed by atoms with Crippen molar-refractivity contribution in [3.8, 4) is 11.1 Å². The van der Waals surface area contributed by atoms with E-state index in [-0.39, 0.29) is 11.5 Å². The van der Waals surface area contributed by atoms with Gasteiger partial charge in [0, 0.05) is 17.7 Å². The van der Waals surface area contributed by atoms with Crippen molar-refractivity contribution in [1.82, 2.24) is 14.5 Å². The van der Waals surface area contributed by atoms with Crippen molar-refractivity contribution >= 4 is 27.0 Å². The molecule has 2 heterocycles. The van der Waals surface area contributed by atoms with Crippen LogP contribution in [0.4, 0.5) is 0 Å². The summed E-state index contributed by atoms with van der Waals surface area (Å²) in [5.74, 6) is -0.455. The number of hydrogen-bond donors (Lipinski definition) is 0. The summed E-state index contributed by atoms with van der Waals surface area (Å²) in [7, 11) is -3.95. The highest BCUT2D eigenvalue weighted by Gasteiger charge is 2.25. The lowest BCUT2D eigenvalue weighted by molar-refractivity contribution is -0.140. The van der Waals surface area contributed by atoms with Crippen LogP contribution in [-0.4, -0.2) is 41.3 Å². The summed E-state index contributed by atoms with van der Waals surface area (Å²) in [4.78, 5) is 22.2. The normalized spacial score (nSPS) is 11.6. The van der Waals surface area contributed by atoms with E-state index in [0.717, 1.165) is 63.3 Å². The number of rotatable bonds is 12. The second-order valence-corrected chi connectivity index (χ2v) is 13.2. The Morgan fingerprint density at radius 1 is 0.864 bits per heavy atom. The predicted molar refractivity (Wildman–Crippen MR) is 175 cm³/mol. The Bertz CT molecular complexity index is 1880. The topological polar surface area (TPSA) is 91.2 Å². The number of carbonyl (C=O) groups excluding carboxylic acids is 1. The van der Waals surface area contributed by atoms with Crippen molar-refractivity contribution < 1.29 is 17.9 Å². The van der Waals surface area contributed by atoms with E-state index in [0.29, 0.717) is 24.9 Å². The maximum absolute atomic E-state index is 13.5. The average Bonchev–Trinajstić information content (AvgIpc) is 3.35. The van der Waals surface area contributed by atoms with Crippen LogP contribution >= 0.6 is 0 Å². The van der Waals surface area contributed by atoms with Crippen LogP contribution in [0, 0.1) is 13.8 Å². The number of benzene rings is 3. The number of sulfone groups is 1. The van der Waals surface area contributed by atoms with Crippen LogP contribution in [0.15, 0.2) is 83.8 Å². The molecule has 0 atom stereocenters. The maximum atomic E-state index is 13.5. The van der Waals surface area contributed by atoms with E-state index in [9.17, 15) is 13.2 Å². The smallest absolute Gasteiger partial charge is 0.321 e. The number of ether oxygens (including phenoxy) is 1. The van der Waals surface area contributed by atoms with Gasteiger partial charge in [0.15, 0.2) is 21.2 Å². The number of unbranched alkanes of at least 4 members (excludes halogenated alkanes) is 1. The quantitative estimate of drug-likeness (QED) is 0.111. The molecule has 0 saturated carbocycles. The third-order valence-corrected chi connectivity index (χ3v) is 9.36. The number of nitrogens with zero attached hydrogens (tertiary/aromatic N) is 3. The molecule has 2 aromatic heterocycles. The van der Waals surface area contributed by atoms with Gasteiger partial charge in [-0.05, 0) is 72.7 Å². The summed E-state index contributed by atoms with van der Waals surface area (Å²) >= 11 is 0. The highest BCUT2D eigenvalue weighted by atomic mass is 32.2. The number of hydrogen-bond acceptors (Lipinski definition) is 6. The molecule has 44 heavy (non-hydrogen) atoms. The molecule has 0 spiro atoms. The fourth-order valence-corrected chi connectivity index (χ4v) is 6.81. The lowest BCUT2D eigenvalue weighted by atomic mass is 9.98. The Morgan fingerprint density at radius 3 is 2.30 bits per heavy atom. The van der Waals surface area contributed by atoms with Crippen LogP contribution < -0.4 is 0 Å². The second kappa shape index (κ2) is 13.6.